The third kappa shape index (κ3) is 4.27. The molecule has 1 heterocycles. The van der Waals surface area contributed by atoms with Crippen LogP contribution in [0.5, 0.6) is 0 Å². The van der Waals surface area contributed by atoms with Crippen molar-refractivity contribution in [1.29, 1.82) is 0 Å². The Morgan fingerprint density at radius 3 is 1.58 bits per heavy atom. The second-order valence-electron chi connectivity index (χ2n) is 2.98. The first-order chi connectivity index (χ1) is 5.86. The zero-order valence-corrected chi connectivity index (χ0v) is 14.9. The van der Waals surface area contributed by atoms with Gasteiger partial charge in [-0.3, -0.25) is 0 Å². The molecule has 1 rings (SSSR count). The van der Waals surface area contributed by atoms with Gasteiger partial charge in [-0.25, -0.2) is 0 Å². The summed E-state index contributed by atoms with van der Waals surface area (Å²) in [6, 6.07) is 0. The summed E-state index contributed by atoms with van der Waals surface area (Å²) in [5.74, 6) is 0. The van der Waals surface area contributed by atoms with Crippen molar-refractivity contribution >= 4 is 45.3 Å². The normalized spacial score (nSPS) is 19.5. The third-order valence-corrected chi connectivity index (χ3v) is 34.7. The number of hydrogen-bond donors (Lipinski definition) is 0. The van der Waals surface area contributed by atoms with Gasteiger partial charge in [0.2, 0.25) is 0 Å². The Hall–Kier alpha value is 1.69. The molecule has 0 spiro atoms. The number of unbranched alkanes of at least 4 members (excludes halogenated alkanes) is 2. The Morgan fingerprint density at radius 2 is 1.25 bits per heavy atom. The van der Waals surface area contributed by atoms with E-state index in [2.05, 4.69) is 13.8 Å². The van der Waals surface area contributed by atoms with Gasteiger partial charge in [-0.05, 0) is 0 Å². The molecule has 2 nitrogen and oxygen atoms in total. The fourth-order valence-electron chi connectivity index (χ4n) is 0.947. The second-order valence-corrected chi connectivity index (χ2v) is 24.0. The predicted octanol–water partition coefficient (Wildman–Crippen LogP) is 2.61. The van der Waals surface area contributed by atoms with Crippen molar-refractivity contribution in [1.82, 2.24) is 0 Å². The van der Waals surface area contributed by atoms with Crippen LogP contribution in [0, 0.1) is 0 Å². The summed E-state index contributed by atoms with van der Waals surface area (Å²) in [7, 11) is 0. The monoisotopic (exact) mass is 564 g/mol. The molecule has 0 unspecified atom stereocenters. The molecule has 12 heavy (non-hydrogen) atoms. The minimum atomic E-state index is -1.61. The van der Waals surface area contributed by atoms with E-state index in [1.807, 2.05) is 0 Å². The molecule has 0 atom stereocenters. The van der Waals surface area contributed by atoms with Crippen LogP contribution < -0.4 is 0 Å². The van der Waals surface area contributed by atoms with E-state index in [4.69, 9.17) is 1.78 Å². The molecule has 0 aromatic carbocycles. The van der Waals surface area contributed by atoms with Crippen LogP contribution in [0.25, 0.3) is 0 Å². The van der Waals surface area contributed by atoms with E-state index in [-0.39, 0.29) is 0 Å². The third-order valence-electron chi connectivity index (χ3n) is 1.75. The SMILES string of the molecule is CCC[CH2][Bi]1[O][Bi]([CH2]CCC)[O]1. The molecule has 1 aliphatic heterocycles. The van der Waals surface area contributed by atoms with Gasteiger partial charge < -0.3 is 0 Å². The summed E-state index contributed by atoms with van der Waals surface area (Å²) in [6.45, 7) is 4.47. The van der Waals surface area contributed by atoms with E-state index in [1.165, 1.54) is 33.9 Å². The van der Waals surface area contributed by atoms with Gasteiger partial charge in [-0.15, -0.1) is 0 Å². The Bertz CT molecular complexity index is 104. The van der Waals surface area contributed by atoms with Crippen molar-refractivity contribution in [3.63, 3.8) is 0 Å². The van der Waals surface area contributed by atoms with E-state index < -0.39 is 45.3 Å². The summed E-state index contributed by atoms with van der Waals surface area (Å²) in [6.07, 6.45) is 5.27. The van der Waals surface area contributed by atoms with Gasteiger partial charge in [-0.2, -0.15) is 0 Å². The van der Waals surface area contributed by atoms with Gasteiger partial charge >= 0.3 is 94.8 Å². The van der Waals surface area contributed by atoms with E-state index in [9.17, 15) is 0 Å². The molecule has 1 fully saturated rings. The Kier molecular flexibility index (Phi) is 6.90. The molecule has 1 aliphatic rings. The molecular weight excluding hydrogens is 546 g/mol. The molecule has 0 bridgehead atoms. The van der Waals surface area contributed by atoms with Crippen LogP contribution >= 0.6 is 0 Å². The molecule has 0 aromatic heterocycles. The predicted molar refractivity (Wildman–Crippen MR) is 53.1 cm³/mol. The molecule has 0 radical (unpaired) electrons. The Labute approximate surface area is 93.9 Å². The second kappa shape index (κ2) is 7.04. The maximum absolute atomic E-state index is 5.93. The van der Waals surface area contributed by atoms with Crippen molar-refractivity contribution in [2.45, 2.75) is 47.8 Å². The van der Waals surface area contributed by atoms with Crippen LogP contribution in [-0.2, 0) is 1.78 Å². The van der Waals surface area contributed by atoms with Crippen LogP contribution in [0.2, 0.25) is 8.26 Å². The quantitative estimate of drug-likeness (QED) is 0.463. The summed E-state index contributed by atoms with van der Waals surface area (Å²) in [5, 5.41) is 0. The van der Waals surface area contributed by atoms with Crippen molar-refractivity contribution in [3.8, 4) is 0 Å². The molecule has 1 saturated heterocycles. The molecular formula is C8H18Bi2O2. The molecule has 0 amide bonds. The first-order valence-electron chi connectivity index (χ1n) is 4.78. The van der Waals surface area contributed by atoms with Gasteiger partial charge in [0.15, 0.2) is 0 Å². The molecule has 0 N–H and O–H groups in total. The van der Waals surface area contributed by atoms with E-state index >= 15 is 0 Å². The van der Waals surface area contributed by atoms with Crippen LogP contribution in [0.1, 0.15) is 39.5 Å². The van der Waals surface area contributed by atoms with Crippen LogP contribution in [-0.4, -0.2) is 45.3 Å². The van der Waals surface area contributed by atoms with Gasteiger partial charge in [0.05, 0.1) is 0 Å². The molecule has 0 aromatic rings. The molecule has 4 heteroatoms. The molecule has 0 aliphatic carbocycles. The topological polar surface area (TPSA) is 18.5 Å². The van der Waals surface area contributed by atoms with Crippen molar-refractivity contribution in [2.24, 2.45) is 0 Å². The zero-order chi connectivity index (χ0) is 8.81. The van der Waals surface area contributed by atoms with Crippen molar-refractivity contribution < 1.29 is 1.78 Å². The van der Waals surface area contributed by atoms with E-state index in [1.54, 1.807) is 0 Å². The fourth-order valence-corrected chi connectivity index (χ4v) is 33.7. The van der Waals surface area contributed by atoms with Crippen molar-refractivity contribution in [3.05, 3.63) is 0 Å². The summed E-state index contributed by atoms with van der Waals surface area (Å²) in [5.41, 5.74) is 0. The fraction of sp³-hybridized carbons (Fsp3) is 1.00. The Balaban J connectivity index is 1.89. The summed E-state index contributed by atoms with van der Waals surface area (Å²) >= 11 is -3.21. The average Bonchev–Trinajstić information content (AvgIpc) is 2.01. The van der Waals surface area contributed by atoms with Gasteiger partial charge in [0.25, 0.3) is 0 Å². The van der Waals surface area contributed by atoms with Gasteiger partial charge in [0, 0.05) is 0 Å². The van der Waals surface area contributed by atoms with Gasteiger partial charge in [-0.1, -0.05) is 0 Å². The van der Waals surface area contributed by atoms with E-state index in [0.29, 0.717) is 0 Å². The maximum atomic E-state index is 5.93. The number of rotatable bonds is 6. The standard InChI is InChI=1S/2C4H9.2Bi.2O/c2*1-3-4-2;;;;/h2*1,3-4H2,2H3;;;;. The van der Waals surface area contributed by atoms with Crippen LogP contribution in [0.15, 0.2) is 0 Å². The average molecular weight is 564 g/mol. The minimum absolute atomic E-state index is 1.30. The summed E-state index contributed by atoms with van der Waals surface area (Å²) in [4.78, 5) is 0. The Morgan fingerprint density at radius 1 is 0.833 bits per heavy atom. The van der Waals surface area contributed by atoms with Gasteiger partial charge in [0.1, 0.15) is 0 Å². The summed E-state index contributed by atoms with van der Waals surface area (Å²) < 4.78 is 14.5. The van der Waals surface area contributed by atoms with Crippen molar-refractivity contribution in [2.75, 3.05) is 0 Å². The van der Waals surface area contributed by atoms with Crippen LogP contribution in [0.4, 0.5) is 0 Å². The number of hydrogen-bond acceptors (Lipinski definition) is 2. The molecule has 72 valence electrons. The van der Waals surface area contributed by atoms with E-state index in [0.717, 1.165) is 0 Å². The van der Waals surface area contributed by atoms with Crippen LogP contribution in [0.3, 0.4) is 0 Å². The first kappa shape index (κ1) is 11.8. The first-order valence-corrected chi connectivity index (χ1v) is 15.4. The zero-order valence-electron chi connectivity index (χ0n) is 7.95. The molecule has 0 saturated carbocycles.